The van der Waals surface area contributed by atoms with Crippen LogP contribution in [-0.2, 0) is 4.74 Å². The van der Waals surface area contributed by atoms with Crippen molar-refractivity contribution in [3.8, 4) is 6.07 Å². The summed E-state index contributed by atoms with van der Waals surface area (Å²) in [5, 5.41) is 8.91. The Bertz CT molecular complexity index is 394. The van der Waals surface area contributed by atoms with Crippen LogP contribution in [0.15, 0.2) is 6.20 Å². The van der Waals surface area contributed by atoms with Crippen LogP contribution in [0.1, 0.15) is 5.69 Å². The molecule has 0 unspecified atom stereocenters. The Balaban J connectivity index is 2.30. The highest BCUT2D eigenvalue weighted by Crippen LogP contribution is 2.16. The largest absolute Gasteiger partial charge is 0.382 e. The first-order valence-corrected chi connectivity index (χ1v) is 4.66. The lowest BCUT2D eigenvalue weighted by Gasteiger charge is -2.27. The Labute approximate surface area is 87.3 Å². The molecule has 1 aliphatic heterocycles. The molecule has 2 N–H and O–H groups in total. The van der Waals surface area contributed by atoms with Gasteiger partial charge < -0.3 is 15.4 Å². The fourth-order valence-electron chi connectivity index (χ4n) is 1.48. The van der Waals surface area contributed by atoms with Crippen LogP contribution >= 0.6 is 0 Å². The van der Waals surface area contributed by atoms with Gasteiger partial charge in [0, 0.05) is 13.1 Å². The molecule has 2 rings (SSSR count). The molecule has 1 fully saturated rings. The summed E-state index contributed by atoms with van der Waals surface area (Å²) in [4.78, 5) is 10.1. The van der Waals surface area contributed by atoms with Crippen LogP contribution < -0.4 is 10.6 Å². The van der Waals surface area contributed by atoms with Gasteiger partial charge in [0.25, 0.3) is 0 Å². The standard InChI is InChI=1S/C9H11N5O/c10-5-7-9(12-6-8(11)13-7)14-1-3-15-4-2-14/h6H,1-4H2,(H2,11,13). The second kappa shape index (κ2) is 4.11. The number of ether oxygens (including phenoxy) is 1. The molecule has 0 amide bonds. The molecule has 0 spiro atoms. The molecule has 1 saturated heterocycles. The average molecular weight is 205 g/mol. The minimum Gasteiger partial charge on any atom is -0.382 e. The van der Waals surface area contributed by atoms with Gasteiger partial charge in [-0.15, -0.1) is 0 Å². The van der Waals surface area contributed by atoms with Gasteiger partial charge in [0.05, 0.1) is 19.4 Å². The minimum atomic E-state index is 0.267. The molecule has 1 aromatic rings. The van der Waals surface area contributed by atoms with E-state index in [1.807, 2.05) is 11.0 Å². The molecule has 0 atom stereocenters. The highest BCUT2D eigenvalue weighted by molar-refractivity contribution is 5.52. The first-order chi connectivity index (χ1) is 7.31. The van der Waals surface area contributed by atoms with Gasteiger partial charge in [-0.25, -0.2) is 9.97 Å². The predicted molar refractivity (Wildman–Crippen MR) is 54.2 cm³/mol. The molecule has 0 bridgehead atoms. The van der Waals surface area contributed by atoms with E-state index in [0.717, 1.165) is 13.1 Å². The number of hydrogen-bond acceptors (Lipinski definition) is 6. The quantitative estimate of drug-likeness (QED) is 0.681. The summed E-state index contributed by atoms with van der Waals surface area (Å²) in [6.07, 6.45) is 1.46. The van der Waals surface area contributed by atoms with Gasteiger partial charge in [-0.2, -0.15) is 5.26 Å². The Kier molecular flexibility index (Phi) is 2.65. The second-order valence-corrected chi connectivity index (χ2v) is 3.18. The molecule has 1 aliphatic rings. The molecular formula is C9H11N5O. The van der Waals surface area contributed by atoms with Crippen LogP contribution in [0.3, 0.4) is 0 Å². The van der Waals surface area contributed by atoms with Gasteiger partial charge in [0.1, 0.15) is 11.9 Å². The summed E-state index contributed by atoms with van der Waals surface area (Å²) < 4.78 is 5.22. The van der Waals surface area contributed by atoms with Crippen LogP contribution in [0, 0.1) is 11.3 Å². The number of nitrogens with zero attached hydrogens (tertiary/aromatic N) is 4. The molecule has 78 valence electrons. The average Bonchev–Trinajstić information content (AvgIpc) is 2.30. The number of nitriles is 1. The van der Waals surface area contributed by atoms with E-state index in [9.17, 15) is 0 Å². The van der Waals surface area contributed by atoms with Gasteiger partial charge in [-0.3, -0.25) is 0 Å². The summed E-state index contributed by atoms with van der Waals surface area (Å²) in [7, 11) is 0. The third-order valence-electron chi connectivity index (χ3n) is 2.19. The topological polar surface area (TPSA) is 88.1 Å². The van der Waals surface area contributed by atoms with Crippen molar-refractivity contribution < 1.29 is 4.74 Å². The third kappa shape index (κ3) is 1.97. The van der Waals surface area contributed by atoms with Crippen LogP contribution in [0.25, 0.3) is 0 Å². The number of anilines is 2. The Morgan fingerprint density at radius 2 is 2.20 bits per heavy atom. The zero-order chi connectivity index (χ0) is 10.7. The minimum absolute atomic E-state index is 0.267. The highest BCUT2D eigenvalue weighted by atomic mass is 16.5. The lowest BCUT2D eigenvalue weighted by molar-refractivity contribution is 0.122. The van der Waals surface area contributed by atoms with E-state index in [4.69, 9.17) is 15.7 Å². The van der Waals surface area contributed by atoms with Crippen molar-refractivity contribution in [1.29, 1.82) is 5.26 Å². The predicted octanol–water partition coefficient (Wildman–Crippen LogP) is -0.233. The van der Waals surface area contributed by atoms with Crippen molar-refractivity contribution in [3.63, 3.8) is 0 Å². The maximum absolute atomic E-state index is 8.91. The van der Waals surface area contributed by atoms with Crippen molar-refractivity contribution in [2.24, 2.45) is 0 Å². The van der Waals surface area contributed by atoms with Crippen LogP contribution in [0.4, 0.5) is 11.6 Å². The molecule has 6 heteroatoms. The van der Waals surface area contributed by atoms with E-state index in [1.54, 1.807) is 0 Å². The molecule has 0 aromatic carbocycles. The molecule has 15 heavy (non-hydrogen) atoms. The highest BCUT2D eigenvalue weighted by Gasteiger charge is 2.17. The molecule has 0 saturated carbocycles. The van der Waals surface area contributed by atoms with Gasteiger partial charge in [-0.05, 0) is 0 Å². The maximum atomic E-state index is 8.91. The van der Waals surface area contributed by atoms with Gasteiger partial charge >= 0.3 is 0 Å². The summed E-state index contributed by atoms with van der Waals surface area (Å²) in [6, 6.07) is 2.00. The van der Waals surface area contributed by atoms with Gasteiger partial charge in [-0.1, -0.05) is 0 Å². The first-order valence-electron chi connectivity index (χ1n) is 4.66. The molecular weight excluding hydrogens is 194 g/mol. The normalized spacial score (nSPS) is 16.1. The zero-order valence-electron chi connectivity index (χ0n) is 8.18. The zero-order valence-corrected chi connectivity index (χ0v) is 8.18. The summed E-state index contributed by atoms with van der Waals surface area (Å²) >= 11 is 0. The molecule has 6 nitrogen and oxygen atoms in total. The number of nitrogens with two attached hydrogens (primary N) is 1. The number of rotatable bonds is 1. The Hall–Kier alpha value is -1.87. The molecule has 1 aromatic heterocycles. The summed E-state index contributed by atoms with van der Waals surface area (Å²) in [6.45, 7) is 2.76. The van der Waals surface area contributed by atoms with Crippen molar-refractivity contribution in [2.75, 3.05) is 36.9 Å². The number of nitrogen functional groups attached to an aromatic ring is 1. The number of morpholine rings is 1. The number of hydrogen-bond donors (Lipinski definition) is 1. The van der Waals surface area contributed by atoms with E-state index < -0.39 is 0 Å². The van der Waals surface area contributed by atoms with E-state index in [2.05, 4.69) is 9.97 Å². The van der Waals surface area contributed by atoms with Gasteiger partial charge in [0.15, 0.2) is 11.5 Å². The fourth-order valence-corrected chi connectivity index (χ4v) is 1.48. The first kappa shape index (κ1) is 9.68. The molecule has 0 radical (unpaired) electrons. The molecule has 2 heterocycles. The maximum Gasteiger partial charge on any atom is 0.185 e. The van der Waals surface area contributed by atoms with Crippen molar-refractivity contribution in [2.45, 2.75) is 0 Å². The second-order valence-electron chi connectivity index (χ2n) is 3.18. The van der Waals surface area contributed by atoms with Crippen LogP contribution in [0.5, 0.6) is 0 Å². The van der Waals surface area contributed by atoms with Crippen LogP contribution in [-0.4, -0.2) is 36.3 Å². The lowest BCUT2D eigenvalue weighted by Crippen LogP contribution is -2.37. The van der Waals surface area contributed by atoms with Gasteiger partial charge in [0.2, 0.25) is 0 Å². The van der Waals surface area contributed by atoms with Crippen molar-refractivity contribution in [3.05, 3.63) is 11.9 Å². The van der Waals surface area contributed by atoms with Crippen LogP contribution in [0.2, 0.25) is 0 Å². The SMILES string of the molecule is N#Cc1nc(N)cnc1N1CCOCC1. The fraction of sp³-hybridized carbons (Fsp3) is 0.444. The van der Waals surface area contributed by atoms with Crippen molar-refractivity contribution in [1.82, 2.24) is 9.97 Å². The summed E-state index contributed by atoms with van der Waals surface area (Å²) in [5.41, 5.74) is 5.74. The molecule has 0 aliphatic carbocycles. The van der Waals surface area contributed by atoms with E-state index in [1.165, 1.54) is 6.20 Å². The number of aromatic nitrogens is 2. The van der Waals surface area contributed by atoms with E-state index >= 15 is 0 Å². The third-order valence-corrected chi connectivity index (χ3v) is 2.19. The lowest BCUT2D eigenvalue weighted by atomic mass is 10.3. The summed E-state index contributed by atoms with van der Waals surface area (Å²) in [5.74, 6) is 0.860. The Morgan fingerprint density at radius 1 is 1.47 bits per heavy atom. The Morgan fingerprint density at radius 3 is 2.87 bits per heavy atom. The van der Waals surface area contributed by atoms with E-state index in [0.29, 0.717) is 19.0 Å². The monoisotopic (exact) mass is 205 g/mol. The van der Waals surface area contributed by atoms with Crippen molar-refractivity contribution >= 4 is 11.6 Å². The smallest absolute Gasteiger partial charge is 0.185 e. The van der Waals surface area contributed by atoms with E-state index in [-0.39, 0.29) is 11.5 Å².